The fourth-order valence-electron chi connectivity index (χ4n) is 1.48. The van der Waals surface area contributed by atoms with Gasteiger partial charge in [-0.25, -0.2) is 4.79 Å². The third-order valence-corrected chi connectivity index (χ3v) is 5.95. The maximum absolute atomic E-state index is 11.2. The number of hydrogen-bond donors (Lipinski definition) is 2. The Labute approximate surface area is 122 Å². The Morgan fingerprint density at radius 1 is 1.18 bits per heavy atom. The van der Waals surface area contributed by atoms with Gasteiger partial charge in [0.2, 0.25) is 0 Å². The molecule has 0 aliphatic rings. The molecule has 2 heterocycles. The van der Waals surface area contributed by atoms with Crippen LogP contribution in [0, 0.1) is 0 Å². The first-order valence-corrected chi connectivity index (χ1v) is 7.78. The molecule has 3 nitrogen and oxygen atoms in total. The van der Waals surface area contributed by atoms with Crippen LogP contribution in [-0.4, -0.2) is 16.2 Å². The van der Waals surface area contributed by atoms with Gasteiger partial charge in [-0.3, -0.25) is 0 Å². The lowest BCUT2D eigenvalue weighted by molar-refractivity contribution is 0.0703. The van der Waals surface area contributed by atoms with Crippen LogP contribution >= 0.6 is 54.5 Å². The SMILES string of the molecule is O=C(O)c1scc(Br)c1-c1c(Br)csc1CO. The molecule has 2 N–H and O–H groups in total. The number of aromatic carboxylic acids is 1. The minimum absolute atomic E-state index is 0.104. The second-order valence-corrected chi connectivity index (χ2v) is 6.69. The van der Waals surface area contributed by atoms with E-state index >= 15 is 0 Å². The summed E-state index contributed by atoms with van der Waals surface area (Å²) < 4.78 is 1.53. The monoisotopic (exact) mass is 396 g/mol. The second kappa shape index (κ2) is 5.19. The van der Waals surface area contributed by atoms with Gasteiger partial charge in [0, 0.05) is 35.7 Å². The predicted octanol–water partition coefficient (Wildman–Crippen LogP) is 4.19. The van der Waals surface area contributed by atoms with E-state index in [0.29, 0.717) is 5.56 Å². The standard InChI is InChI=1S/C10H6Br2O3S2/c11-4-2-16-6(1-13)7(4)8-5(12)3-17-9(8)10(14)15/h2-3,13H,1H2,(H,14,15). The van der Waals surface area contributed by atoms with Gasteiger partial charge in [-0.15, -0.1) is 22.7 Å². The zero-order valence-corrected chi connectivity index (χ0v) is 13.0. The molecule has 0 bridgehead atoms. The number of thiophene rings is 2. The van der Waals surface area contributed by atoms with Gasteiger partial charge in [-0.2, -0.15) is 0 Å². The van der Waals surface area contributed by atoms with Gasteiger partial charge in [0.1, 0.15) is 4.88 Å². The quantitative estimate of drug-likeness (QED) is 0.816. The first-order chi connectivity index (χ1) is 8.06. The van der Waals surface area contributed by atoms with Crippen LogP contribution in [0.3, 0.4) is 0 Å². The number of aliphatic hydroxyl groups is 1. The van der Waals surface area contributed by atoms with Gasteiger partial charge >= 0.3 is 5.97 Å². The van der Waals surface area contributed by atoms with Crippen LogP contribution in [0.1, 0.15) is 14.5 Å². The van der Waals surface area contributed by atoms with E-state index < -0.39 is 5.97 Å². The summed E-state index contributed by atoms with van der Waals surface area (Å²) in [6, 6.07) is 0. The first-order valence-electron chi connectivity index (χ1n) is 4.43. The van der Waals surface area contributed by atoms with Crippen molar-refractivity contribution >= 4 is 60.5 Å². The van der Waals surface area contributed by atoms with Crippen molar-refractivity contribution in [2.45, 2.75) is 6.61 Å². The molecule has 0 unspecified atom stereocenters. The van der Waals surface area contributed by atoms with Gasteiger partial charge < -0.3 is 10.2 Å². The van der Waals surface area contributed by atoms with Crippen molar-refractivity contribution in [2.24, 2.45) is 0 Å². The van der Waals surface area contributed by atoms with Crippen LogP contribution < -0.4 is 0 Å². The van der Waals surface area contributed by atoms with Gasteiger partial charge in [0.25, 0.3) is 0 Å². The van der Waals surface area contributed by atoms with E-state index in [1.165, 1.54) is 22.7 Å². The minimum Gasteiger partial charge on any atom is -0.477 e. The number of aliphatic hydroxyl groups excluding tert-OH is 1. The topological polar surface area (TPSA) is 57.5 Å². The molecule has 0 atom stereocenters. The maximum Gasteiger partial charge on any atom is 0.346 e. The molecule has 0 saturated heterocycles. The molecule has 17 heavy (non-hydrogen) atoms. The Morgan fingerprint density at radius 3 is 2.35 bits per heavy atom. The third-order valence-electron chi connectivity index (χ3n) is 2.16. The van der Waals surface area contributed by atoms with Gasteiger partial charge in [0.05, 0.1) is 6.61 Å². The lowest BCUT2D eigenvalue weighted by atomic mass is 10.1. The number of carboxylic acid groups (broad SMARTS) is 1. The Morgan fingerprint density at radius 2 is 1.76 bits per heavy atom. The smallest absolute Gasteiger partial charge is 0.346 e. The van der Waals surface area contributed by atoms with E-state index in [0.717, 1.165) is 19.4 Å². The van der Waals surface area contributed by atoms with Crippen LogP contribution in [-0.2, 0) is 6.61 Å². The van der Waals surface area contributed by atoms with Crippen LogP contribution in [0.4, 0.5) is 0 Å². The summed E-state index contributed by atoms with van der Waals surface area (Å²) in [5, 5.41) is 22.0. The summed E-state index contributed by atoms with van der Waals surface area (Å²) in [6.07, 6.45) is 0. The molecular formula is C10H6Br2O3S2. The summed E-state index contributed by atoms with van der Waals surface area (Å²) in [5.41, 5.74) is 1.38. The number of carboxylic acids is 1. The predicted molar refractivity (Wildman–Crippen MR) is 75.9 cm³/mol. The van der Waals surface area contributed by atoms with Crippen molar-refractivity contribution in [1.29, 1.82) is 0 Å². The molecule has 90 valence electrons. The molecule has 2 aromatic rings. The van der Waals surface area contributed by atoms with Crippen molar-refractivity contribution < 1.29 is 15.0 Å². The Hall–Kier alpha value is -0.210. The summed E-state index contributed by atoms with van der Waals surface area (Å²) in [7, 11) is 0. The van der Waals surface area contributed by atoms with E-state index in [4.69, 9.17) is 5.11 Å². The highest BCUT2D eigenvalue weighted by molar-refractivity contribution is 9.11. The van der Waals surface area contributed by atoms with Crippen molar-refractivity contribution in [3.8, 4) is 11.1 Å². The highest BCUT2D eigenvalue weighted by Crippen LogP contribution is 2.44. The zero-order valence-electron chi connectivity index (χ0n) is 8.24. The molecule has 0 fully saturated rings. The lowest BCUT2D eigenvalue weighted by Gasteiger charge is -2.04. The van der Waals surface area contributed by atoms with E-state index in [2.05, 4.69) is 31.9 Å². The molecule has 0 radical (unpaired) electrons. The van der Waals surface area contributed by atoms with Crippen molar-refractivity contribution in [2.75, 3.05) is 0 Å². The van der Waals surface area contributed by atoms with Crippen LogP contribution in [0.15, 0.2) is 19.7 Å². The summed E-state index contributed by atoms with van der Waals surface area (Å²) in [4.78, 5) is 12.2. The largest absolute Gasteiger partial charge is 0.477 e. The molecule has 0 aromatic carbocycles. The molecule has 0 saturated carbocycles. The minimum atomic E-state index is -0.960. The van der Waals surface area contributed by atoms with E-state index in [1.807, 2.05) is 5.38 Å². The third kappa shape index (κ3) is 2.34. The van der Waals surface area contributed by atoms with Crippen molar-refractivity contribution in [1.82, 2.24) is 0 Å². The molecule has 0 aliphatic carbocycles. The number of carbonyl (C=O) groups is 1. The zero-order chi connectivity index (χ0) is 12.6. The Bertz CT molecular complexity index is 574. The lowest BCUT2D eigenvalue weighted by Crippen LogP contribution is -1.96. The fourth-order valence-corrected chi connectivity index (χ4v) is 4.67. The molecule has 0 aliphatic heterocycles. The van der Waals surface area contributed by atoms with E-state index in [9.17, 15) is 9.90 Å². The summed E-state index contributed by atoms with van der Waals surface area (Å²) in [5.74, 6) is -0.960. The average molecular weight is 398 g/mol. The summed E-state index contributed by atoms with van der Waals surface area (Å²) in [6.45, 7) is -0.104. The molecule has 2 rings (SSSR count). The first kappa shape index (κ1) is 13.2. The highest BCUT2D eigenvalue weighted by Gasteiger charge is 2.22. The van der Waals surface area contributed by atoms with Gasteiger partial charge in [-0.1, -0.05) is 0 Å². The van der Waals surface area contributed by atoms with E-state index in [-0.39, 0.29) is 11.5 Å². The highest BCUT2D eigenvalue weighted by atomic mass is 79.9. The maximum atomic E-state index is 11.2. The number of hydrogen-bond acceptors (Lipinski definition) is 4. The molecule has 2 aromatic heterocycles. The van der Waals surface area contributed by atoms with E-state index in [1.54, 1.807) is 5.38 Å². The average Bonchev–Trinajstić information content (AvgIpc) is 2.81. The van der Waals surface area contributed by atoms with Gasteiger partial charge in [-0.05, 0) is 31.9 Å². The fraction of sp³-hybridized carbons (Fsp3) is 0.100. The van der Waals surface area contributed by atoms with Crippen LogP contribution in [0.5, 0.6) is 0 Å². The Balaban J connectivity index is 2.71. The van der Waals surface area contributed by atoms with Gasteiger partial charge in [0.15, 0.2) is 0 Å². The number of rotatable bonds is 3. The summed E-state index contributed by atoms with van der Waals surface area (Å²) >= 11 is 9.30. The molecular weight excluding hydrogens is 392 g/mol. The van der Waals surface area contributed by atoms with Crippen molar-refractivity contribution in [3.63, 3.8) is 0 Å². The van der Waals surface area contributed by atoms with Crippen LogP contribution in [0.25, 0.3) is 11.1 Å². The second-order valence-electron chi connectivity index (χ2n) is 3.13. The molecule has 7 heteroatoms. The molecule has 0 amide bonds. The molecule has 0 spiro atoms. The normalized spacial score (nSPS) is 10.8. The Kier molecular flexibility index (Phi) is 4.04. The number of halogens is 2. The van der Waals surface area contributed by atoms with Crippen molar-refractivity contribution in [3.05, 3.63) is 29.5 Å². The van der Waals surface area contributed by atoms with Crippen LogP contribution in [0.2, 0.25) is 0 Å².